The molecule has 3 nitrogen and oxygen atoms in total. The maximum atomic E-state index is 8.40. The summed E-state index contributed by atoms with van der Waals surface area (Å²) in [5.74, 6) is 0. The van der Waals surface area contributed by atoms with Crippen molar-refractivity contribution in [2.75, 3.05) is 0 Å². The van der Waals surface area contributed by atoms with E-state index in [1.165, 1.54) is 11.8 Å². The number of aryl methyl sites for hydroxylation is 1. The van der Waals surface area contributed by atoms with Crippen molar-refractivity contribution in [3.63, 3.8) is 0 Å². The highest BCUT2D eigenvalue weighted by molar-refractivity contribution is 5.80. The van der Waals surface area contributed by atoms with E-state index in [0.29, 0.717) is 0 Å². The number of benzene rings is 1. The first-order valence-corrected chi connectivity index (χ1v) is 5.00. The minimum Gasteiger partial charge on any atom is -0.411 e. The number of nitrogens with zero attached hydrogens (tertiary/aromatic N) is 2. The molecule has 1 aromatic carbocycles. The first kappa shape index (κ1) is 10.4. The van der Waals surface area contributed by atoms with Crippen LogP contribution < -0.4 is 0 Å². The molecule has 1 heterocycles. The molecule has 0 saturated heterocycles. The van der Waals surface area contributed by atoms with E-state index in [9.17, 15) is 0 Å². The van der Waals surface area contributed by atoms with Crippen LogP contribution in [0.5, 0.6) is 0 Å². The summed E-state index contributed by atoms with van der Waals surface area (Å²) in [6.45, 7) is 2.04. The van der Waals surface area contributed by atoms with Gasteiger partial charge in [-0.25, -0.2) is 0 Å². The van der Waals surface area contributed by atoms with E-state index < -0.39 is 0 Å². The van der Waals surface area contributed by atoms with Gasteiger partial charge in [0.15, 0.2) is 0 Å². The quantitative estimate of drug-likeness (QED) is 0.472. The molecule has 16 heavy (non-hydrogen) atoms. The van der Waals surface area contributed by atoms with Crippen LogP contribution in [0.1, 0.15) is 11.1 Å². The highest BCUT2D eigenvalue weighted by Crippen LogP contribution is 2.17. The average Bonchev–Trinajstić information content (AvgIpc) is 2.30. The summed E-state index contributed by atoms with van der Waals surface area (Å²) in [6.07, 6.45) is 3.20. The van der Waals surface area contributed by atoms with Crippen LogP contribution in [0.2, 0.25) is 0 Å². The van der Waals surface area contributed by atoms with Crippen LogP contribution in [0.3, 0.4) is 0 Å². The van der Waals surface area contributed by atoms with Gasteiger partial charge in [0.25, 0.3) is 0 Å². The Morgan fingerprint density at radius 3 is 2.56 bits per heavy atom. The predicted octanol–water partition coefficient (Wildman–Crippen LogP) is 2.87. The van der Waals surface area contributed by atoms with Crippen LogP contribution in [-0.2, 0) is 0 Å². The monoisotopic (exact) mass is 212 g/mol. The minimum absolute atomic E-state index is 0.860. The SMILES string of the molecule is Cc1ccnc(-c2ccc(/C=N/O)cc2)c1. The van der Waals surface area contributed by atoms with Gasteiger partial charge in [0.2, 0.25) is 0 Å². The Morgan fingerprint density at radius 1 is 1.19 bits per heavy atom. The molecule has 2 aromatic rings. The van der Waals surface area contributed by atoms with Crippen molar-refractivity contribution in [1.82, 2.24) is 4.98 Å². The number of pyridine rings is 1. The van der Waals surface area contributed by atoms with Crippen LogP contribution in [0.4, 0.5) is 0 Å². The van der Waals surface area contributed by atoms with E-state index in [-0.39, 0.29) is 0 Å². The van der Waals surface area contributed by atoms with E-state index in [4.69, 9.17) is 5.21 Å². The molecule has 3 heteroatoms. The summed E-state index contributed by atoms with van der Waals surface area (Å²) in [6, 6.07) is 11.7. The first-order chi connectivity index (χ1) is 7.79. The molecule has 0 amide bonds. The molecule has 1 aromatic heterocycles. The minimum atomic E-state index is 0.860. The zero-order valence-electron chi connectivity index (χ0n) is 8.96. The van der Waals surface area contributed by atoms with Crippen molar-refractivity contribution in [2.24, 2.45) is 5.16 Å². The molecule has 0 spiro atoms. The van der Waals surface area contributed by atoms with Crippen molar-refractivity contribution in [3.8, 4) is 11.3 Å². The third-order valence-electron chi connectivity index (χ3n) is 2.33. The second kappa shape index (κ2) is 4.57. The number of aromatic nitrogens is 1. The van der Waals surface area contributed by atoms with Crippen molar-refractivity contribution < 1.29 is 5.21 Å². The fourth-order valence-corrected chi connectivity index (χ4v) is 1.50. The van der Waals surface area contributed by atoms with E-state index in [0.717, 1.165) is 16.8 Å². The molecule has 0 radical (unpaired) electrons. The van der Waals surface area contributed by atoms with Gasteiger partial charge in [0, 0.05) is 11.8 Å². The Morgan fingerprint density at radius 2 is 1.94 bits per heavy atom. The molecule has 0 fully saturated rings. The molecule has 0 bridgehead atoms. The third-order valence-corrected chi connectivity index (χ3v) is 2.33. The Balaban J connectivity index is 2.34. The Bertz CT molecular complexity index is 504. The summed E-state index contributed by atoms with van der Waals surface area (Å²) in [4.78, 5) is 4.30. The summed E-state index contributed by atoms with van der Waals surface area (Å²) in [5, 5.41) is 11.4. The maximum absolute atomic E-state index is 8.40. The van der Waals surface area contributed by atoms with Gasteiger partial charge in [0.1, 0.15) is 0 Å². The number of rotatable bonds is 2. The van der Waals surface area contributed by atoms with Gasteiger partial charge in [-0.15, -0.1) is 0 Å². The topological polar surface area (TPSA) is 45.5 Å². The number of oxime groups is 1. The van der Waals surface area contributed by atoms with Crippen LogP contribution in [0, 0.1) is 6.92 Å². The van der Waals surface area contributed by atoms with Gasteiger partial charge in [-0.3, -0.25) is 4.98 Å². The van der Waals surface area contributed by atoms with Crippen LogP contribution in [0.25, 0.3) is 11.3 Å². The largest absolute Gasteiger partial charge is 0.411 e. The maximum Gasteiger partial charge on any atom is 0.0733 e. The standard InChI is InChI=1S/C13H12N2O/c1-10-6-7-14-13(8-10)12-4-2-11(3-5-12)9-15-16/h2-9,16H,1H3/b15-9+. The fourth-order valence-electron chi connectivity index (χ4n) is 1.50. The summed E-state index contributed by atoms with van der Waals surface area (Å²) in [7, 11) is 0. The van der Waals surface area contributed by atoms with Crippen LogP contribution in [0.15, 0.2) is 47.8 Å². The van der Waals surface area contributed by atoms with Gasteiger partial charge in [-0.2, -0.15) is 0 Å². The average molecular weight is 212 g/mol. The zero-order valence-corrected chi connectivity index (χ0v) is 8.96. The van der Waals surface area contributed by atoms with E-state index in [1.807, 2.05) is 43.3 Å². The molecular weight excluding hydrogens is 200 g/mol. The van der Waals surface area contributed by atoms with Crippen molar-refractivity contribution in [2.45, 2.75) is 6.92 Å². The molecule has 0 saturated carbocycles. The van der Waals surface area contributed by atoms with Gasteiger partial charge in [0.05, 0.1) is 11.9 Å². The second-order valence-electron chi connectivity index (χ2n) is 3.59. The normalized spacial score (nSPS) is 10.8. The van der Waals surface area contributed by atoms with E-state index >= 15 is 0 Å². The molecular formula is C13H12N2O. The smallest absolute Gasteiger partial charge is 0.0733 e. The molecule has 2 rings (SSSR count). The highest BCUT2D eigenvalue weighted by Gasteiger charge is 1.98. The molecule has 80 valence electrons. The van der Waals surface area contributed by atoms with Crippen LogP contribution >= 0.6 is 0 Å². The van der Waals surface area contributed by atoms with Gasteiger partial charge < -0.3 is 5.21 Å². The molecule has 0 unspecified atom stereocenters. The van der Waals surface area contributed by atoms with Crippen molar-refractivity contribution in [1.29, 1.82) is 0 Å². The van der Waals surface area contributed by atoms with E-state index in [2.05, 4.69) is 10.1 Å². The summed E-state index contributed by atoms with van der Waals surface area (Å²) >= 11 is 0. The molecule has 0 aliphatic heterocycles. The summed E-state index contributed by atoms with van der Waals surface area (Å²) in [5.41, 5.74) is 4.05. The van der Waals surface area contributed by atoms with Gasteiger partial charge >= 0.3 is 0 Å². The fraction of sp³-hybridized carbons (Fsp3) is 0.0769. The predicted molar refractivity (Wildman–Crippen MR) is 63.8 cm³/mol. The summed E-state index contributed by atoms with van der Waals surface area (Å²) < 4.78 is 0. The van der Waals surface area contributed by atoms with Crippen molar-refractivity contribution >= 4 is 6.21 Å². The van der Waals surface area contributed by atoms with Crippen molar-refractivity contribution in [3.05, 3.63) is 53.7 Å². The Kier molecular flexibility index (Phi) is 2.96. The lowest BCUT2D eigenvalue weighted by molar-refractivity contribution is 0.322. The van der Waals surface area contributed by atoms with Gasteiger partial charge in [-0.05, 0) is 30.2 Å². The zero-order chi connectivity index (χ0) is 11.4. The lowest BCUT2D eigenvalue weighted by atomic mass is 10.1. The van der Waals surface area contributed by atoms with Crippen LogP contribution in [-0.4, -0.2) is 16.4 Å². The molecule has 0 atom stereocenters. The van der Waals surface area contributed by atoms with Gasteiger partial charge in [-0.1, -0.05) is 29.4 Å². The lowest BCUT2D eigenvalue weighted by Crippen LogP contribution is -1.86. The molecule has 1 N–H and O–H groups in total. The van der Waals surface area contributed by atoms with E-state index in [1.54, 1.807) is 6.20 Å². The molecule has 0 aliphatic carbocycles. The Hall–Kier alpha value is -2.16. The number of hydrogen-bond donors (Lipinski definition) is 1. The first-order valence-electron chi connectivity index (χ1n) is 5.00. The molecule has 0 aliphatic rings. The Labute approximate surface area is 94.1 Å². The third kappa shape index (κ3) is 2.25. The second-order valence-corrected chi connectivity index (χ2v) is 3.59. The number of hydrogen-bond acceptors (Lipinski definition) is 3. The lowest BCUT2D eigenvalue weighted by Gasteiger charge is -2.01. The highest BCUT2D eigenvalue weighted by atomic mass is 16.4.